The third kappa shape index (κ3) is 3.57. The van der Waals surface area contributed by atoms with Gasteiger partial charge in [0.1, 0.15) is 0 Å². The van der Waals surface area contributed by atoms with Crippen LogP contribution in [0, 0.1) is 0 Å². The van der Waals surface area contributed by atoms with Crippen molar-refractivity contribution in [2.75, 3.05) is 24.7 Å². The molecule has 2 N–H and O–H groups in total. The van der Waals surface area contributed by atoms with Crippen molar-refractivity contribution in [1.82, 2.24) is 4.90 Å². The van der Waals surface area contributed by atoms with E-state index in [0.717, 1.165) is 23.4 Å². The highest BCUT2D eigenvalue weighted by molar-refractivity contribution is 7.98. The lowest BCUT2D eigenvalue weighted by molar-refractivity contribution is 0.162. The molecule has 0 aromatic heterocycles. The summed E-state index contributed by atoms with van der Waals surface area (Å²) in [6.45, 7) is 0.282. The van der Waals surface area contributed by atoms with Crippen LogP contribution in [0.15, 0.2) is 53.4 Å². The Hall–Kier alpha value is -1.98. The molecule has 126 valence electrons. The number of aliphatic hydroxyl groups excluding tert-OH is 1. The van der Waals surface area contributed by atoms with Gasteiger partial charge in [0.25, 0.3) is 0 Å². The minimum atomic E-state index is -0.163. The first-order chi connectivity index (χ1) is 11.7. The van der Waals surface area contributed by atoms with E-state index in [9.17, 15) is 9.90 Å². The maximum Gasteiger partial charge on any atom is 0.322 e. The molecule has 0 saturated heterocycles. The first-order valence-electron chi connectivity index (χ1n) is 8.13. The minimum Gasteiger partial charge on any atom is -0.395 e. The molecule has 4 nitrogen and oxygen atoms in total. The van der Waals surface area contributed by atoms with E-state index in [1.54, 1.807) is 16.7 Å². The number of hydrogen-bond acceptors (Lipinski definition) is 3. The number of hydrogen-bond donors (Lipinski definition) is 2. The molecule has 0 radical (unpaired) electrons. The fourth-order valence-electron chi connectivity index (χ4n) is 3.26. The molecule has 2 aromatic rings. The number of benzene rings is 2. The molecule has 1 aliphatic rings. The summed E-state index contributed by atoms with van der Waals surface area (Å²) < 4.78 is 0. The summed E-state index contributed by atoms with van der Waals surface area (Å²) in [5, 5.41) is 12.4. The van der Waals surface area contributed by atoms with Gasteiger partial charge in [-0.05, 0) is 48.4 Å². The Morgan fingerprint density at radius 1 is 1.29 bits per heavy atom. The van der Waals surface area contributed by atoms with E-state index in [-0.39, 0.29) is 18.7 Å². The number of thioether (sulfide) groups is 1. The monoisotopic (exact) mass is 342 g/mol. The number of carbonyl (C=O) groups is 1. The Labute approximate surface area is 146 Å². The number of urea groups is 1. The van der Waals surface area contributed by atoms with Gasteiger partial charge in [-0.15, -0.1) is 11.8 Å². The second-order valence-electron chi connectivity index (χ2n) is 5.83. The molecule has 2 amide bonds. The number of aryl methyl sites for hydroxylation is 1. The van der Waals surface area contributed by atoms with E-state index in [1.165, 1.54) is 11.1 Å². The van der Waals surface area contributed by atoms with Crippen molar-refractivity contribution in [1.29, 1.82) is 0 Å². The highest BCUT2D eigenvalue weighted by Gasteiger charge is 2.30. The number of nitrogens with zero attached hydrogens (tertiary/aromatic N) is 1. The Bertz CT molecular complexity index is 720. The average Bonchev–Trinajstić information content (AvgIpc) is 3.03. The zero-order valence-electron chi connectivity index (χ0n) is 13.7. The molecule has 0 fully saturated rings. The molecule has 2 aromatic carbocycles. The van der Waals surface area contributed by atoms with Crippen molar-refractivity contribution in [3.05, 3.63) is 59.7 Å². The summed E-state index contributed by atoms with van der Waals surface area (Å²) in [5.41, 5.74) is 3.27. The van der Waals surface area contributed by atoms with Crippen molar-refractivity contribution in [2.45, 2.75) is 23.8 Å². The van der Waals surface area contributed by atoms with Crippen LogP contribution in [-0.2, 0) is 6.42 Å². The van der Waals surface area contributed by atoms with E-state index in [2.05, 4.69) is 17.4 Å². The van der Waals surface area contributed by atoms with E-state index in [1.807, 2.05) is 42.7 Å². The lowest BCUT2D eigenvalue weighted by Gasteiger charge is -2.29. The maximum atomic E-state index is 12.8. The maximum absolute atomic E-state index is 12.8. The van der Waals surface area contributed by atoms with Gasteiger partial charge in [0.2, 0.25) is 0 Å². The van der Waals surface area contributed by atoms with Crippen LogP contribution in [0.1, 0.15) is 23.6 Å². The average molecular weight is 342 g/mol. The number of anilines is 1. The predicted molar refractivity (Wildman–Crippen MR) is 98.5 cm³/mol. The molecule has 1 aliphatic carbocycles. The van der Waals surface area contributed by atoms with Crippen molar-refractivity contribution in [2.24, 2.45) is 0 Å². The number of aliphatic hydroxyl groups is 1. The predicted octanol–water partition coefficient (Wildman–Crippen LogP) is 3.92. The minimum absolute atomic E-state index is 0.0251. The van der Waals surface area contributed by atoms with E-state index in [0.29, 0.717) is 6.54 Å². The van der Waals surface area contributed by atoms with Crippen LogP contribution in [0.2, 0.25) is 0 Å². The van der Waals surface area contributed by atoms with Crippen molar-refractivity contribution >= 4 is 23.5 Å². The van der Waals surface area contributed by atoms with Crippen LogP contribution in [0.4, 0.5) is 10.5 Å². The Morgan fingerprint density at radius 2 is 2.12 bits per heavy atom. The molecule has 0 aliphatic heterocycles. The van der Waals surface area contributed by atoms with Crippen LogP contribution < -0.4 is 5.32 Å². The summed E-state index contributed by atoms with van der Waals surface area (Å²) in [4.78, 5) is 15.6. The molecule has 0 saturated carbocycles. The molecular formula is C19H22N2O2S. The largest absolute Gasteiger partial charge is 0.395 e. The van der Waals surface area contributed by atoms with Gasteiger partial charge in [0, 0.05) is 17.1 Å². The number of nitrogens with one attached hydrogen (secondary N) is 1. The van der Waals surface area contributed by atoms with Gasteiger partial charge in [0.15, 0.2) is 0 Å². The Morgan fingerprint density at radius 3 is 2.92 bits per heavy atom. The smallest absolute Gasteiger partial charge is 0.322 e. The zero-order chi connectivity index (χ0) is 16.9. The first kappa shape index (κ1) is 16.9. The number of amides is 2. The van der Waals surface area contributed by atoms with Gasteiger partial charge < -0.3 is 15.3 Å². The summed E-state index contributed by atoms with van der Waals surface area (Å²) in [7, 11) is 0. The van der Waals surface area contributed by atoms with Crippen LogP contribution in [-0.4, -0.2) is 35.4 Å². The molecule has 24 heavy (non-hydrogen) atoms. The number of rotatable bonds is 5. The topological polar surface area (TPSA) is 52.6 Å². The molecule has 3 rings (SSSR count). The molecule has 0 spiro atoms. The fraction of sp³-hybridized carbons (Fsp3) is 0.316. The quantitative estimate of drug-likeness (QED) is 0.810. The molecule has 0 heterocycles. The second kappa shape index (κ2) is 7.73. The summed E-state index contributed by atoms with van der Waals surface area (Å²) in [6.07, 6.45) is 3.88. The highest BCUT2D eigenvalue weighted by atomic mass is 32.2. The third-order valence-corrected chi connectivity index (χ3v) is 5.13. The van der Waals surface area contributed by atoms with Gasteiger partial charge in [-0.3, -0.25) is 0 Å². The number of carbonyl (C=O) groups excluding carboxylic acids is 1. The highest BCUT2D eigenvalue weighted by Crippen LogP contribution is 2.35. The Kier molecular flexibility index (Phi) is 5.43. The van der Waals surface area contributed by atoms with Gasteiger partial charge in [-0.1, -0.05) is 30.3 Å². The van der Waals surface area contributed by atoms with E-state index >= 15 is 0 Å². The molecule has 1 unspecified atom stereocenters. The summed E-state index contributed by atoms with van der Waals surface area (Å²) >= 11 is 1.64. The molecule has 5 heteroatoms. The van der Waals surface area contributed by atoms with E-state index in [4.69, 9.17) is 0 Å². The second-order valence-corrected chi connectivity index (χ2v) is 6.71. The summed E-state index contributed by atoms with van der Waals surface area (Å²) in [6, 6.07) is 15.9. The standard InChI is InChI=1S/C19H22N2O2S/c1-24-16-7-4-6-15(13-16)20-19(23)21(11-12-22)18-10-9-14-5-2-3-8-17(14)18/h2-8,13,18,22H,9-12H2,1H3,(H,20,23). The van der Waals surface area contributed by atoms with Gasteiger partial charge in [-0.25, -0.2) is 4.79 Å². The molecule has 0 bridgehead atoms. The van der Waals surface area contributed by atoms with Gasteiger partial charge in [0.05, 0.1) is 12.6 Å². The summed E-state index contributed by atoms with van der Waals surface area (Å²) in [5.74, 6) is 0. The van der Waals surface area contributed by atoms with Crippen molar-refractivity contribution < 1.29 is 9.90 Å². The normalized spacial score (nSPS) is 15.8. The SMILES string of the molecule is CSc1cccc(NC(=O)N(CCO)C2CCc3ccccc32)c1. The van der Waals surface area contributed by atoms with Crippen LogP contribution in [0.3, 0.4) is 0 Å². The first-order valence-corrected chi connectivity index (χ1v) is 9.35. The van der Waals surface area contributed by atoms with Crippen LogP contribution in [0.5, 0.6) is 0 Å². The van der Waals surface area contributed by atoms with Crippen LogP contribution >= 0.6 is 11.8 Å². The van der Waals surface area contributed by atoms with E-state index < -0.39 is 0 Å². The lowest BCUT2D eigenvalue weighted by atomic mass is 10.1. The number of fused-ring (bicyclic) bond motifs is 1. The fourth-order valence-corrected chi connectivity index (χ4v) is 3.72. The zero-order valence-corrected chi connectivity index (χ0v) is 14.6. The van der Waals surface area contributed by atoms with Crippen molar-refractivity contribution in [3.63, 3.8) is 0 Å². The molecular weight excluding hydrogens is 320 g/mol. The van der Waals surface area contributed by atoms with Gasteiger partial charge in [-0.2, -0.15) is 0 Å². The lowest BCUT2D eigenvalue weighted by Crippen LogP contribution is -2.39. The third-order valence-electron chi connectivity index (χ3n) is 4.40. The van der Waals surface area contributed by atoms with Crippen LogP contribution in [0.25, 0.3) is 0 Å². The Balaban J connectivity index is 1.79. The van der Waals surface area contributed by atoms with Crippen molar-refractivity contribution in [3.8, 4) is 0 Å². The molecule has 1 atom stereocenters. The van der Waals surface area contributed by atoms with Gasteiger partial charge >= 0.3 is 6.03 Å².